The number of hydrogen-bond acceptors (Lipinski definition) is 4. The number of fused-ring (bicyclic) bond motifs is 1. The Labute approximate surface area is 155 Å². The summed E-state index contributed by atoms with van der Waals surface area (Å²) in [6.07, 6.45) is 2.16. The van der Waals surface area contributed by atoms with E-state index in [2.05, 4.69) is 25.3 Å². The lowest BCUT2D eigenvalue weighted by atomic mass is 9.94. The lowest BCUT2D eigenvalue weighted by Gasteiger charge is -2.26. The van der Waals surface area contributed by atoms with E-state index < -0.39 is 0 Å². The third-order valence-corrected chi connectivity index (χ3v) is 5.01. The van der Waals surface area contributed by atoms with Gasteiger partial charge in [-0.15, -0.1) is 0 Å². The van der Waals surface area contributed by atoms with Crippen LogP contribution in [0.5, 0.6) is 0 Å². The molecule has 0 unspecified atom stereocenters. The minimum absolute atomic E-state index is 0.0717. The summed E-state index contributed by atoms with van der Waals surface area (Å²) in [6, 6.07) is 5.73. The monoisotopic (exact) mass is 359 g/mol. The SMILES string of the molecule is CON(C)C(=O)c1ccc2c(c1)nc(C(C)(C)C)n2CC1CCOCC1. The molecule has 0 radical (unpaired) electrons. The van der Waals surface area contributed by atoms with Crippen LogP contribution in [0.15, 0.2) is 18.2 Å². The van der Waals surface area contributed by atoms with Crippen molar-refractivity contribution >= 4 is 16.9 Å². The van der Waals surface area contributed by atoms with Gasteiger partial charge in [-0.3, -0.25) is 9.63 Å². The summed E-state index contributed by atoms with van der Waals surface area (Å²) in [4.78, 5) is 22.3. The molecule has 142 valence electrons. The van der Waals surface area contributed by atoms with Crippen LogP contribution in [-0.2, 0) is 21.5 Å². The molecule has 0 atom stereocenters. The lowest BCUT2D eigenvalue weighted by molar-refractivity contribution is -0.0756. The van der Waals surface area contributed by atoms with E-state index in [4.69, 9.17) is 14.6 Å². The second kappa shape index (κ2) is 7.37. The fraction of sp³-hybridized carbons (Fsp3) is 0.600. The Morgan fingerprint density at radius 1 is 1.35 bits per heavy atom. The minimum atomic E-state index is -0.175. The van der Waals surface area contributed by atoms with E-state index >= 15 is 0 Å². The van der Waals surface area contributed by atoms with Gasteiger partial charge in [0, 0.05) is 37.8 Å². The molecule has 0 bridgehead atoms. The molecule has 26 heavy (non-hydrogen) atoms. The maximum atomic E-state index is 12.4. The highest BCUT2D eigenvalue weighted by Crippen LogP contribution is 2.29. The van der Waals surface area contributed by atoms with E-state index in [0.717, 1.165) is 49.5 Å². The summed E-state index contributed by atoms with van der Waals surface area (Å²) < 4.78 is 7.83. The van der Waals surface area contributed by atoms with Crippen molar-refractivity contribution in [3.05, 3.63) is 29.6 Å². The van der Waals surface area contributed by atoms with E-state index in [1.54, 1.807) is 7.05 Å². The molecule has 0 saturated carbocycles. The maximum absolute atomic E-state index is 12.4. The Morgan fingerprint density at radius 2 is 2.04 bits per heavy atom. The van der Waals surface area contributed by atoms with Gasteiger partial charge in [-0.25, -0.2) is 10.0 Å². The van der Waals surface area contributed by atoms with Crippen LogP contribution in [0.2, 0.25) is 0 Å². The van der Waals surface area contributed by atoms with Crippen molar-refractivity contribution in [2.75, 3.05) is 27.4 Å². The third-order valence-electron chi connectivity index (χ3n) is 5.01. The first-order chi connectivity index (χ1) is 12.3. The smallest absolute Gasteiger partial charge is 0.277 e. The topological polar surface area (TPSA) is 56.6 Å². The van der Waals surface area contributed by atoms with Gasteiger partial charge in [0.2, 0.25) is 0 Å². The molecule has 1 saturated heterocycles. The van der Waals surface area contributed by atoms with Crippen LogP contribution in [0.3, 0.4) is 0 Å². The number of ether oxygens (including phenoxy) is 1. The van der Waals surface area contributed by atoms with Crippen molar-refractivity contribution in [2.45, 2.75) is 45.6 Å². The Hall–Kier alpha value is -1.92. The van der Waals surface area contributed by atoms with Gasteiger partial charge in [-0.05, 0) is 37.0 Å². The van der Waals surface area contributed by atoms with Gasteiger partial charge in [0.1, 0.15) is 5.82 Å². The second-order valence-corrected chi connectivity index (χ2v) is 8.04. The van der Waals surface area contributed by atoms with Crippen LogP contribution in [0, 0.1) is 5.92 Å². The fourth-order valence-electron chi connectivity index (χ4n) is 3.47. The van der Waals surface area contributed by atoms with E-state index in [1.165, 1.54) is 12.2 Å². The van der Waals surface area contributed by atoms with Crippen molar-refractivity contribution in [1.29, 1.82) is 0 Å². The molecule has 1 aromatic carbocycles. The molecular formula is C20H29N3O3. The number of hydroxylamine groups is 2. The van der Waals surface area contributed by atoms with Gasteiger partial charge < -0.3 is 9.30 Å². The average molecular weight is 359 g/mol. The molecule has 3 rings (SSSR count). The summed E-state index contributed by atoms with van der Waals surface area (Å²) in [7, 11) is 3.09. The Kier molecular flexibility index (Phi) is 5.34. The van der Waals surface area contributed by atoms with Crippen LogP contribution >= 0.6 is 0 Å². The van der Waals surface area contributed by atoms with Crippen molar-refractivity contribution in [2.24, 2.45) is 5.92 Å². The average Bonchev–Trinajstić information content (AvgIpc) is 2.99. The van der Waals surface area contributed by atoms with Gasteiger partial charge in [0.15, 0.2) is 0 Å². The molecular weight excluding hydrogens is 330 g/mol. The molecule has 1 aliphatic heterocycles. The number of nitrogens with zero attached hydrogens (tertiary/aromatic N) is 3. The molecule has 1 aromatic heterocycles. The highest BCUT2D eigenvalue weighted by atomic mass is 16.7. The standard InChI is InChI=1S/C20H29N3O3/c1-20(2,3)19-21-16-12-15(18(24)22(4)25-5)6-7-17(16)23(19)13-14-8-10-26-11-9-14/h6-7,12,14H,8-11,13H2,1-5H3. The Bertz CT molecular complexity index is 785. The van der Waals surface area contributed by atoms with Crippen LogP contribution < -0.4 is 0 Å². The largest absolute Gasteiger partial charge is 0.381 e. The number of carbonyl (C=O) groups is 1. The van der Waals surface area contributed by atoms with Gasteiger partial charge in [0.05, 0.1) is 18.1 Å². The van der Waals surface area contributed by atoms with Crippen LogP contribution in [0.4, 0.5) is 0 Å². The van der Waals surface area contributed by atoms with Crippen LogP contribution in [-0.4, -0.2) is 47.9 Å². The van der Waals surface area contributed by atoms with Crippen molar-refractivity contribution in [1.82, 2.24) is 14.6 Å². The predicted molar refractivity (Wildman–Crippen MR) is 101 cm³/mol. The predicted octanol–water partition coefficient (Wildman–Crippen LogP) is 3.39. The van der Waals surface area contributed by atoms with E-state index in [1.807, 2.05) is 18.2 Å². The molecule has 0 N–H and O–H groups in total. The molecule has 1 fully saturated rings. The molecule has 2 heterocycles. The zero-order chi connectivity index (χ0) is 18.9. The number of amides is 1. The summed E-state index contributed by atoms with van der Waals surface area (Å²) in [5, 5.41) is 1.23. The van der Waals surface area contributed by atoms with E-state index in [9.17, 15) is 4.79 Å². The summed E-state index contributed by atoms with van der Waals surface area (Å²) >= 11 is 0. The molecule has 6 heteroatoms. The molecule has 6 nitrogen and oxygen atoms in total. The number of aromatic nitrogens is 2. The van der Waals surface area contributed by atoms with Gasteiger partial charge in [0.25, 0.3) is 5.91 Å². The second-order valence-electron chi connectivity index (χ2n) is 8.04. The van der Waals surface area contributed by atoms with Crippen molar-refractivity contribution < 1.29 is 14.4 Å². The Morgan fingerprint density at radius 3 is 2.65 bits per heavy atom. The summed E-state index contributed by atoms with van der Waals surface area (Å²) in [5.74, 6) is 1.48. The molecule has 2 aromatic rings. The lowest BCUT2D eigenvalue weighted by Crippen LogP contribution is -2.25. The Balaban J connectivity index is 2.02. The van der Waals surface area contributed by atoms with Crippen LogP contribution in [0.25, 0.3) is 11.0 Å². The molecule has 1 aliphatic rings. The van der Waals surface area contributed by atoms with Gasteiger partial charge >= 0.3 is 0 Å². The first-order valence-electron chi connectivity index (χ1n) is 9.22. The maximum Gasteiger partial charge on any atom is 0.277 e. The van der Waals surface area contributed by atoms with Gasteiger partial charge in [-0.2, -0.15) is 0 Å². The fourth-order valence-corrected chi connectivity index (χ4v) is 3.47. The summed E-state index contributed by atoms with van der Waals surface area (Å²) in [6.45, 7) is 9.16. The third kappa shape index (κ3) is 3.76. The van der Waals surface area contributed by atoms with Crippen molar-refractivity contribution in [3.8, 4) is 0 Å². The number of benzene rings is 1. The zero-order valence-electron chi connectivity index (χ0n) is 16.4. The van der Waals surface area contributed by atoms with Gasteiger partial charge in [-0.1, -0.05) is 20.8 Å². The normalized spacial score (nSPS) is 16.2. The first-order valence-corrected chi connectivity index (χ1v) is 9.22. The van der Waals surface area contributed by atoms with E-state index in [0.29, 0.717) is 11.5 Å². The highest BCUT2D eigenvalue weighted by molar-refractivity contribution is 5.96. The first kappa shape index (κ1) is 18.9. The minimum Gasteiger partial charge on any atom is -0.381 e. The molecule has 1 amide bonds. The molecule has 0 spiro atoms. The number of hydrogen-bond donors (Lipinski definition) is 0. The molecule has 0 aliphatic carbocycles. The highest BCUT2D eigenvalue weighted by Gasteiger charge is 2.26. The number of imidazole rings is 1. The van der Waals surface area contributed by atoms with Crippen molar-refractivity contribution in [3.63, 3.8) is 0 Å². The quantitative estimate of drug-likeness (QED) is 0.785. The van der Waals surface area contributed by atoms with E-state index in [-0.39, 0.29) is 11.3 Å². The number of rotatable bonds is 4. The number of carbonyl (C=O) groups excluding carboxylic acids is 1. The van der Waals surface area contributed by atoms with Crippen LogP contribution in [0.1, 0.15) is 49.8 Å². The zero-order valence-corrected chi connectivity index (χ0v) is 16.4. The summed E-state index contributed by atoms with van der Waals surface area (Å²) in [5.41, 5.74) is 2.45.